The predicted octanol–water partition coefficient (Wildman–Crippen LogP) is 2.41. The molecule has 0 aliphatic carbocycles. The van der Waals surface area contributed by atoms with Gasteiger partial charge in [-0.2, -0.15) is 0 Å². The van der Waals surface area contributed by atoms with Crippen LogP contribution in [0, 0.1) is 5.82 Å². The highest BCUT2D eigenvalue weighted by Gasteiger charge is 2.17. The quantitative estimate of drug-likeness (QED) is 0.670. The minimum Gasteiger partial charge on any atom is -0.468 e. The molecule has 2 unspecified atom stereocenters. The molecular weight excluding hydrogens is 289 g/mol. The van der Waals surface area contributed by atoms with E-state index in [0.717, 1.165) is 0 Å². The summed E-state index contributed by atoms with van der Waals surface area (Å²) in [6.07, 6.45) is 0. The number of nitrogens with one attached hydrogen (secondary N) is 1. The van der Waals surface area contributed by atoms with E-state index in [-0.39, 0.29) is 17.8 Å². The van der Waals surface area contributed by atoms with Gasteiger partial charge in [-0.25, -0.2) is 4.39 Å². The maximum absolute atomic E-state index is 13.4. The molecule has 0 radical (unpaired) electrons. The number of rotatable bonds is 5. The first-order valence-electron chi connectivity index (χ1n) is 5.26. The molecule has 0 fully saturated rings. The molecule has 0 aliphatic heterocycles. The lowest BCUT2D eigenvalue weighted by atomic mass is 10.1. The van der Waals surface area contributed by atoms with Crippen molar-refractivity contribution < 1.29 is 13.9 Å². The van der Waals surface area contributed by atoms with E-state index in [1.165, 1.54) is 13.2 Å². The van der Waals surface area contributed by atoms with Gasteiger partial charge in [-0.3, -0.25) is 4.79 Å². The number of benzene rings is 1. The summed E-state index contributed by atoms with van der Waals surface area (Å²) in [4.78, 5) is 10.7. The van der Waals surface area contributed by atoms with E-state index in [0.29, 0.717) is 12.1 Å². The average Bonchev–Trinajstić information content (AvgIpc) is 2.35. The van der Waals surface area contributed by atoms with Gasteiger partial charge in [0.05, 0.1) is 7.11 Å². The van der Waals surface area contributed by atoms with Gasteiger partial charge in [0.25, 0.3) is 0 Å². The number of ether oxygens (including phenoxy) is 1. The average molecular weight is 304 g/mol. The van der Waals surface area contributed by atoms with Crippen LogP contribution in [0.4, 0.5) is 4.39 Å². The van der Waals surface area contributed by atoms with Crippen LogP contribution >= 0.6 is 15.9 Å². The van der Waals surface area contributed by atoms with Crippen molar-refractivity contribution in [3.05, 3.63) is 35.6 Å². The van der Waals surface area contributed by atoms with Crippen molar-refractivity contribution in [2.24, 2.45) is 0 Å². The summed E-state index contributed by atoms with van der Waals surface area (Å²) in [5, 5.41) is 3.07. The van der Waals surface area contributed by atoms with E-state index in [4.69, 9.17) is 0 Å². The fourth-order valence-corrected chi connectivity index (χ4v) is 1.80. The molecule has 0 bridgehead atoms. The van der Waals surface area contributed by atoms with Gasteiger partial charge in [-0.05, 0) is 13.0 Å². The largest absolute Gasteiger partial charge is 0.468 e. The lowest BCUT2D eigenvalue weighted by Gasteiger charge is -2.16. The van der Waals surface area contributed by atoms with Gasteiger partial charge < -0.3 is 10.1 Å². The van der Waals surface area contributed by atoms with Gasteiger partial charge in [0.15, 0.2) is 0 Å². The molecule has 0 amide bonds. The highest BCUT2D eigenvalue weighted by molar-refractivity contribution is 9.10. The van der Waals surface area contributed by atoms with Gasteiger partial charge in [0.1, 0.15) is 10.6 Å². The lowest BCUT2D eigenvalue weighted by Crippen LogP contribution is -2.31. The second-order valence-electron chi connectivity index (χ2n) is 3.64. The molecule has 1 N–H and O–H groups in total. The molecule has 17 heavy (non-hydrogen) atoms. The first kappa shape index (κ1) is 14.1. The van der Waals surface area contributed by atoms with Crippen molar-refractivity contribution in [3.8, 4) is 0 Å². The van der Waals surface area contributed by atoms with E-state index in [1.54, 1.807) is 18.2 Å². The van der Waals surface area contributed by atoms with Crippen molar-refractivity contribution >= 4 is 21.9 Å². The van der Waals surface area contributed by atoms with Crippen molar-refractivity contribution in [3.63, 3.8) is 0 Å². The number of carbonyl (C=O) groups is 1. The zero-order chi connectivity index (χ0) is 12.8. The Labute approximate surface area is 108 Å². The minimum absolute atomic E-state index is 0.166. The molecule has 0 saturated heterocycles. The first-order chi connectivity index (χ1) is 8.06. The maximum Gasteiger partial charge on any atom is 0.320 e. The van der Waals surface area contributed by atoms with Crippen LogP contribution in [-0.2, 0) is 9.53 Å². The summed E-state index contributed by atoms with van der Waals surface area (Å²) in [5.74, 6) is -0.602. The van der Waals surface area contributed by atoms with Crippen LogP contribution in [0.15, 0.2) is 24.3 Å². The summed E-state index contributed by atoms with van der Waals surface area (Å²) >= 11 is 3.19. The zero-order valence-corrected chi connectivity index (χ0v) is 11.3. The Kier molecular flexibility index (Phi) is 5.58. The topological polar surface area (TPSA) is 38.3 Å². The van der Waals surface area contributed by atoms with Gasteiger partial charge in [-0.1, -0.05) is 34.1 Å². The molecule has 0 saturated carbocycles. The monoisotopic (exact) mass is 303 g/mol. The predicted molar refractivity (Wildman–Crippen MR) is 67.5 cm³/mol. The standard InChI is InChI=1S/C12H15BrFNO2/c1-8(9-5-3-4-6-11(9)14)15-7-10(13)12(16)17-2/h3-6,8,10,15H,7H2,1-2H3. The molecule has 2 atom stereocenters. The fourth-order valence-electron chi connectivity index (χ4n) is 1.43. The van der Waals surface area contributed by atoms with Crippen LogP contribution in [0.2, 0.25) is 0 Å². The van der Waals surface area contributed by atoms with Crippen LogP contribution in [0.25, 0.3) is 0 Å². The van der Waals surface area contributed by atoms with E-state index < -0.39 is 4.83 Å². The molecule has 5 heteroatoms. The Morgan fingerprint density at radius 2 is 2.18 bits per heavy atom. The van der Waals surface area contributed by atoms with Crippen LogP contribution in [0.1, 0.15) is 18.5 Å². The number of esters is 1. The van der Waals surface area contributed by atoms with Crippen LogP contribution < -0.4 is 5.32 Å². The van der Waals surface area contributed by atoms with Crippen molar-refractivity contribution in [2.45, 2.75) is 17.8 Å². The van der Waals surface area contributed by atoms with E-state index in [2.05, 4.69) is 26.0 Å². The SMILES string of the molecule is COC(=O)C(Br)CNC(C)c1ccccc1F. The Hall–Kier alpha value is -0.940. The molecule has 1 rings (SSSR count). The molecule has 3 nitrogen and oxygen atoms in total. The number of hydrogen-bond donors (Lipinski definition) is 1. The Morgan fingerprint density at radius 3 is 2.76 bits per heavy atom. The minimum atomic E-state index is -0.429. The van der Waals surface area contributed by atoms with Crippen molar-refractivity contribution in [2.75, 3.05) is 13.7 Å². The zero-order valence-electron chi connectivity index (χ0n) is 9.74. The summed E-state index contributed by atoms with van der Waals surface area (Å²) in [5.41, 5.74) is 0.581. The van der Waals surface area contributed by atoms with Gasteiger partial charge in [0.2, 0.25) is 0 Å². The molecule has 1 aromatic rings. The van der Waals surface area contributed by atoms with Gasteiger partial charge >= 0.3 is 5.97 Å². The maximum atomic E-state index is 13.4. The summed E-state index contributed by atoms with van der Waals surface area (Å²) in [6, 6.07) is 6.39. The fraction of sp³-hybridized carbons (Fsp3) is 0.417. The third-order valence-corrected chi connectivity index (χ3v) is 3.13. The number of hydrogen-bond acceptors (Lipinski definition) is 3. The summed E-state index contributed by atoms with van der Waals surface area (Å²) in [7, 11) is 1.33. The normalized spacial score (nSPS) is 14.1. The molecule has 94 valence electrons. The number of halogens is 2. The van der Waals surface area contributed by atoms with E-state index >= 15 is 0 Å². The second-order valence-corrected chi connectivity index (χ2v) is 4.75. The molecule has 1 aromatic carbocycles. The Balaban J connectivity index is 2.53. The smallest absolute Gasteiger partial charge is 0.320 e. The number of methoxy groups -OCH3 is 1. The molecular formula is C12H15BrFNO2. The Morgan fingerprint density at radius 1 is 1.53 bits per heavy atom. The third kappa shape index (κ3) is 4.09. The van der Waals surface area contributed by atoms with Gasteiger partial charge in [-0.15, -0.1) is 0 Å². The molecule has 0 spiro atoms. The number of carbonyl (C=O) groups excluding carboxylic acids is 1. The highest BCUT2D eigenvalue weighted by atomic mass is 79.9. The van der Waals surface area contributed by atoms with Crippen LogP contribution in [-0.4, -0.2) is 24.5 Å². The third-order valence-electron chi connectivity index (χ3n) is 2.43. The Bertz CT molecular complexity index is 387. The van der Waals surface area contributed by atoms with Crippen molar-refractivity contribution in [1.29, 1.82) is 0 Å². The molecule has 0 aromatic heterocycles. The summed E-state index contributed by atoms with van der Waals surface area (Å²) in [6.45, 7) is 2.22. The van der Waals surface area contributed by atoms with E-state index in [1.807, 2.05) is 6.92 Å². The van der Waals surface area contributed by atoms with Crippen molar-refractivity contribution in [1.82, 2.24) is 5.32 Å². The van der Waals surface area contributed by atoms with Gasteiger partial charge in [0, 0.05) is 18.2 Å². The molecule has 0 heterocycles. The van der Waals surface area contributed by atoms with Crippen LogP contribution in [0.3, 0.4) is 0 Å². The second kappa shape index (κ2) is 6.71. The first-order valence-corrected chi connectivity index (χ1v) is 6.17. The molecule has 0 aliphatic rings. The van der Waals surface area contributed by atoms with E-state index in [9.17, 15) is 9.18 Å². The highest BCUT2D eigenvalue weighted by Crippen LogP contribution is 2.16. The number of alkyl halides is 1. The van der Waals surface area contributed by atoms with Crippen LogP contribution in [0.5, 0.6) is 0 Å². The lowest BCUT2D eigenvalue weighted by molar-refractivity contribution is -0.139. The summed E-state index contributed by atoms with van der Waals surface area (Å²) < 4.78 is 18.0.